The standard InChI is InChI=1S/C12H17Cl2N/c1-3-9(15-2)7-8-10-11(13)5-4-6-12(10)14/h4-6,9,15H,3,7-8H2,1-2H3. The van der Waals surface area contributed by atoms with Crippen LogP contribution in [0.2, 0.25) is 10.0 Å². The van der Waals surface area contributed by atoms with Crippen molar-refractivity contribution in [2.75, 3.05) is 7.05 Å². The van der Waals surface area contributed by atoms with Gasteiger partial charge in [-0.05, 0) is 44.0 Å². The molecule has 0 radical (unpaired) electrons. The van der Waals surface area contributed by atoms with Crippen LogP contribution in [0, 0.1) is 0 Å². The van der Waals surface area contributed by atoms with Crippen molar-refractivity contribution in [3.05, 3.63) is 33.8 Å². The van der Waals surface area contributed by atoms with Gasteiger partial charge in [-0.15, -0.1) is 0 Å². The van der Waals surface area contributed by atoms with E-state index < -0.39 is 0 Å². The molecular formula is C12H17Cl2N. The highest BCUT2D eigenvalue weighted by atomic mass is 35.5. The summed E-state index contributed by atoms with van der Waals surface area (Å²) in [6, 6.07) is 6.20. The van der Waals surface area contributed by atoms with Crippen LogP contribution in [0.3, 0.4) is 0 Å². The van der Waals surface area contributed by atoms with Gasteiger partial charge in [-0.25, -0.2) is 0 Å². The lowest BCUT2D eigenvalue weighted by molar-refractivity contribution is 0.509. The number of nitrogens with one attached hydrogen (secondary N) is 1. The lowest BCUT2D eigenvalue weighted by Crippen LogP contribution is -2.24. The molecule has 0 aliphatic heterocycles. The van der Waals surface area contributed by atoms with E-state index in [-0.39, 0.29) is 0 Å². The Morgan fingerprint density at radius 3 is 2.33 bits per heavy atom. The summed E-state index contributed by atoms with van der Waals surface area (Å²) in [5.41, 5.74) is 1.06. The third kappa shape index (κ3) is 3.67. The van der Waals surface area contributed by atoms with Gasteiger partial charge in [0.05, 0.1) is 0 Å². The molecule has 0 fully saturated rings. The van der Waals surface area contributed by atoms with Crippen molar-refractivity contribution in [1.82, 2.24) is 5.32 Å². The van der Waals surface area contributed by atoms with E-state index in [4.69, 9.17) is 23.2 Å². The zero-order valence-electron chi connectivity index (χ0n) is 9.19. The van der Waals surface area contributed by atoms with Gasteiger partial charge in [0.25, 0.3) is 0 Å². The number of hydrogen-bond acceptors (Lipinski definition) is 1. The van der Waals surface area contributed by atoms with Crippen molar-refractivity contribution in [3.63, 3.8) is 0 Å². The molecule has 1 nitrogen and oxygen atoms in total. The summed E-state index contributed by atoms with van der Waals surface area (Å²) >= 11 is 12.2. The van der Waals surface area contributed by atoms with Gasteiger partial charge >= 0.3 is 0 Å². The summed E-state index contributed by atoms with van der Waals surface area (Å²) < 4.78 is 0. The first kappa shape index (κ1) is 12.8. The van der Waals surface area contributed by atoms with Crippen molar-refractivity contribution in [1.29, 1.82) is 0 Å². The Balaban J connectivity index is 2.64. The minimum absolute atomic E-state index is 0.539. The van der Waals surface area contributed by atoms with Gasteiger partial charge in [0.15, 0.2) is 0 Å². The van der Waals surface area contributed by atoms with Gasteiger partial charge in [-0.1, -0.05) is 36.2 Å². The minimum Gasteiger partial charge on any atom is -0.317 e. The number of benzene rings is 1. The fraction of sp³-hybridized carbons (Fsp3) is 0.500. The number of halogens is 2. The quantitative estimate of drug-likeness (QED) is 0.830. The fourth-order valence-corrected chi connectivity index (χ4v) is 2.23. The molecule has 1 N–H and O–H groups in total. The van der Waals surface area contributed by atoms with Gasteiger partial charge in [-0.2, -0.15) is 0 Å². The van der Waals surface area contributed by atoms with E-state index in [2.05, 4.69) is 12.2 Å². The third-order valence-corrected chi connectivity index (χ3v) is 3.41. The molecule has 0 spiro atoms. The number of hydrogen-bond donors (Lipinski definition) is 1. The highest BCUT2D eigenvalue weighted by molar-refractivity contribution is 6.35. The van der Waals surface area contributed by atoms with Crippen LogP contribution in [-0.4, -0.2) is 13.1 Å². The number of rotatable bonds is 5. The van der Waals surface area contributed by atoms with E-state index in [1.165, 1.54) is 0 Å². The monoisotopic (exact) mass is 245 g/mol. The molecule has 0 bridgehead atoms. The molecule has 0 heterocycles. The Bertz CT molecular complexity index is 288. The maximum Gasteiger partial charge on any atom is 0.0452 e. The molecule has 1 atom stereocenters. The van der Waals surface area contributed by atoms with Crippen molar-refractivity contribution in [2.45, 2.75) is 32.2 Å². The molecule has 0 aromatic heterocycles. The first-order valence-corrected chi connectivity index (χ1v) is 6.04. The molecule has 15 heavy (non-hydrogen) atoms. The van der Waals surface area contributed by atoms with Gasteiger partial charge in [0.2, 0.25) is 0 Å². The maximum absolute atomic E-state index is 6.09. The second kappa shape index (κ2) is 6.37. The normalized spacial score (nSPS) is 12.8. The van der Waals surface area contributed by atoms with Crippen LogP contribution in [0.4, 0.5) is 0 Å². The Kier molecular flexibility index (Phi) is 5.44. The summed E-state index contributed by atoms with van der Waals surface area (Å²) in [5, 5.41) is 4.82. The van der Waals surface area contributed by atoms with Crippen LogP contribution >= 0.6 is 23.2 Å². The summed E-state index contributed by atoms with van der Waals surface area (Å²) in [5.74, 6) is 0. The molecule has 0 saturated heterocycles. The second-order valence-electron chi connectivity index (χ2n) is 3.63. The summed E-state index contributed by atoms with van der Waals surface area (Å²) in [6.45, 7) is 2.18. The average Bonchev–Trinajstić information content (AvgIpc) is 2.23. The second-order valence-corrected chi connectivity index (χ2v) is 4.45. The predicted octanol–water partition coefficient (Wildman–Crippen LogP) is 3.92. The van der Waals surface area contributed by atoms with Crippen molar-refractivity contribution in [2.24, 2.45) is 0 Å². The van der Waals surface area contributed by atoms with Crippen LogP contribution in [0.15, 0.2) is 18.2 Å². The SMILES string of the molecule is CCC(CCc1c(Cl)cccc1Cl)NC. The Hall–Kier alpha value is -0.240. The zero-order valence-corrected chi connectivity index (χ0v) is 10.7. The van der Waals surface area contributed by atoms with Gasteiger partial charge in [0.1, 0.15) is 0 Å². The Morgan fingerprint density at radius 2 is 1.87 bits per heavy atom. The van der Waals surface area contributed by atoms with E-state index in [0.29, 0.717) is 6.04 Å². The lowest BCUT2D eigenvalue weighted by Gasteiger charge is -2.14. The lowest BCUT2D eigenvalue weighted by atomic mass is 10.0. The molecule has 0 aliphatic carbocycles. The van der Waals surface area contributed by atoms with E-state index in [9.17, 15) is 0 Å². The molecule has 0 aliphatic rings. The summed E-state index contributed by atoms with van der Waals surface area (Å²) in [7, 11) is 1.99. The largest absolute Gasteiger partial charge is 0.317 e. The highest BCUT2D eigenvalue weighted by Gasteiger charge is 2.08. The molecule has 0 saturated carbocycles. The van der Waals surface area contributed by atoms with E-state index in [1.54, 1.807) is 0 Å². The smallest absolute Gasteiger partial charge is 0.0452 e. The van der Waals surface area contributed by atoms with Crippen LogP contribution in [0.25, 0.3) is 0 Å². The molecule has 3 heteroatoms. The van der Waals surface area contributed by atoms with E-state index in [1.807, 2.05) is 25.2 Å². The molecule has 1 unspecified atom stereocenters. The molecule has 84 valence electrons. The molecule has 1 aromatic carbocycles. The van der Waals surface area contributed by atoms with Crippen molar-refractivity contribution < 1.29 is 0 Å². The minimum atomic E-state index is 0.539. The Labute approximate surface area is 102 Å². The van der Waals surface area contributed by atoms with E-state index >= 15 is 0 Å². The Morgan fingerprint density at radius 1 is 1.27 bits per heavy atom. The van der Waals surface area contributed by atoms with Crippen LogP contribution in [0.5, 0.6) is 0 Å². The molecule has 1 aromatic rings. The predicted molar refractivity (Wildman–Crippen MR) is 67.9 cm³/mol. The summed E-state index contributed by atoms with van der Waals surface area (Å²) in [6.07, 6.45) is 3.12. The molecular weight excluding hydrogens is 229 g/mol. The van der Waals surface area contributed by atoms with Crippen LogP contribution in [-0.2, 0) is 6.42 Å². The van der Waals surface area contributed by atoms with E-state index in [0.717, 1.165) is 34.9 Å². The fourth-order valence-electron chi connectivity index (χ4n) is 1.64. The van der Waals surface area contributed by atoms with Crippen LogP contribution in [0.1, 0.15) is 25.3 Å². The average molecular weight is 246 g/mol. The van der Waals surface area contributed by atoms with Gasteiger partial charge in [-0.3, -0.25) is 0 Å². The zero-order chi connectivity index (χ0) is 11.3. The third-order valence-electron chi connectivity index (χ3n) is 2.71. The molecule has 1 rings (SSSR count). The first-order valence-electron chi connectivity index (χ1n) is 5.29. The topological polar surface area (TPSA) is 12.0 Å². The maximum atomic E-state index is 6.09. The first-order chi connectivity index (χ1) is 7.19. The van der Waals surface area contributed by atoms with Crippen LogP contribution < -0.4 is 5.32 Å². The molecule has 0 amide bonds. The van der Waals surface area contributed by atoms with Gasteiger partial charge < -0.3 is 5.32 Å². The summed E-state index contributed by atoms with van der Waals surface area (Å²) in [4.78, 5) is 0. The van der Waals surface area contributed by atoms with Gasteiger partial charge in [0, 0.05) is 16.1 Å². The van der Waals surface area contributed by atoms with Crippen molar-refractivity contribution in [3.8, 4) is 0 Å². The van der Waals surface area contributed by atoms with Crippen molar-refractivity contribution >= 4 is 23.2 Å². The highest BCUT2D eigenvalue weighted by Crippen LogP contribution is 2.25.